The van der Waals surface area contributed by atoms with Crippen LogP contribution in [0.15, 0.2) is 108 Å². The number of halogens is 4. The molecule has 4 aromatic rings. The number of benzene rings is 4. The van der Waals surface area contributed by atoms with Crippen molar-refractivity contribution in [2.75, 3.05) is 16.8 Å². The first-order valence-corrected chi connectivity index (χ1v) is 13.6. The van der Waals surface area contributed by atoms with Crippen LogP contribution in [-0.2, 0) is 9.53 Å². The second-order valence-corrected chi connectivity index (χ2v) is 10.2. The molecule has 0 bridgehead atoms. The van der Waals surface area contributed by atoms with Gasteiger partial charge in [-0.3, -0.25) is 0 Å². The summed E-state index contributed by atoms with van der Waals surface area (Å²) in [5.41, 5.74) is 3.56. The third-order valence-corrected chi connectivity index (χ3v) is 7.27. The van der Waals surface area contributed by atoms with Crippen molar-refractivity contribution in [3.05, 3.63) is 141 Å². The van der Waals surface area contributed by atoms with Crippen molar-refractivity contribution in [1.82, 2.24) is 0 Å². The first kappa shape index (κ1) is 27.7. The van der Waals surface area contributed by atoms with Gasteiger partial charge in [0.1, 0.15) is 11.6 Å². The number of ether oxygens (including phenoxy) is 1. The van der Waals surface area contributed by atoms with Crippen LogP contribution in [0, 0.1) is 11.6 Å². The Balaban J connectivity index is 1.79. The van der Waals surface area contributed by atoms with Gasteiger partial charge in [0, 0.05) is 33.5 Å². The predicted molar refractivity (Wildman–Crippen MR) is 156 cm³/mol. The molecule has 4 aromatic carbocycles. The molecule has 40 heavy (non-hydrogen) atoms. The van der Waals surface area contributed by atoms with Crippen molar-refractivity contribution in [2.45, 2.75) is 25.4 Å². The maximum atomic E-state index is 14.7. The first-order valence-electron chi connectivity index (χ1n) is 12.8. The summed E-state index contributed by atoms with van der Waals surface area (Å²) >= 11 is 12.3. The van der Waals surface area contributed by atoms with Gasteiger partial charge in [0.15, 0.2) is 0 Å². The molecule has 1 heterocycles. The summed E-state index contributed by atoms with van der Waals surface area (Å²) in [5, 5.41) is 4.50. The normalized spacial score (nSPS) is 17.1. The van der Waals surface area contributed by atoms with E-state index in [1.807, 2.05) is 23.1 Å². The van der Waals surface area contributed by atoms with Gasteiger partial charge >= 0.3 is 5.97 Å². The van der Waals surface area contributed by atoms with Crippen LogP contribution in [0.1, 0.15) is 36.6 Å². The number of rotatable bonds is 7. The van der Waals surface area contributed by atoms with Gasteiger partial charge < -0.3 is 15.0 Å². The van der Waals surface area contributed by atoms with Gasteiger partial charge in [-0.1, -0.05) is 47.5 Å². The summed E-state index contributed by atoms with van der Waals surface area (Å²) < 4.78 is 34.8. The molecule has 0 aromatic heterocycles. The second-order valence-electron chi connectivity index (χ2n) is 9.36. The quantitative estimate of drug-likeness (QED) is 0.222. The van der Waals surface area contributed by atoms with Crippen LogP contribution in [0.5, 0.6) is 0 Å². The highest BCUT2D eigenvalue weighted by Gasteiger charge is 2.42. The SMILES string of the molecule is CCOC(=O)C1=C(Nc2ccc(Cl)cc2)CC(c2cccc(F)c2)N(c2ccc(Cl)cc2)C1c1cccc(F)c1. The molecule has 1 aliphatic rings. The van der Waals surface area contributed by atoms with Crippen molar-refractivity contribution in [2.24, 2.45) is 0 Å². The number of nitrogens with one attached hydrogen (secondary N) is 1. The molecule has 2 unspecified atom stereocenters. The fraction of sp³-hybridized carbons (Fsp3) is 0.156. The molecular formula is C32H26Cl2F2N2O2. The third kappa shape index (κ3) is 5.98. The zero-order valence-electron chi connectivity index (χ0n) is 21.6. The largest absolute Gasteiger partial charge is 0.463 e. The Hall–Kier alpha value is -3.87. The minimum absolute atomic E-state index is 0.153. The molecular weight excluding hydrogens is 553 g/mol. The van der Waals surface area contributed by atoms with Gasteiger partial charge in [-0.25, -0.2) is 13.6 Å². The van der Waals surface area contributed by atoms with Gasteiger partial charge in [0.05, 0.1) is 24.3 Å². The highest BCUT2D eigenvalue weighted by Crippen LogP contribution is 2.48. The Labute approximate surface area is 241 Å². The van der Waals surface area contributed by atoms with Gasteiger partial charge in [-0.05, 0) is 90.8 Å². The molecule has 0 aliphatic carbocycles. The molecule has 0 amide bonds. The van der Waals surface area contributed by atoms with Gasteiger partial charge in [-0.15, -0.1) is 0 Å². The van der Waals surface area contributed by atoms with Crippen molar-refractivity contribution in [3.63, 3.8) is 0 Å². The highest BCUT2D eigenvalue weighted by atomic mass is 35.5. The zero-order chi connectivity index (χ0) is 28.2. The molecule has 1 aliphatic heterocycles. The van der Waals surface area contributed by atoms with Crippen molar-refractivity contribution < 1.29 is 18.3 Å². The minimum atomic E-state index is -0.784. The zero-order valence-corrected chi connectivity index (χ0v) is 23.1. The molecule has 0 saturated heterocycles. The van der Waals surface area contributed by atoms with Crippen LogP contribution in [-0.4, -0.2) is 12.6 Å². The van der Waals surface area contributed by atoms with Crippen molar-refractivity contribution in [1.29, 1.82) is 0 Å². The first-order chi connectivity index (χ1) is 19.3. The highest BCUT2D eigenvalue weighted by molar-refractivity contribution is 6.30. The van der Waals surface area contributed by atoms with Crippen LogP contribution in [0.2, 0.25) is 10.0 Å². The van der Waals surface area contributed by atoms with E-state index in [0.29, 0.717) is 44.6 Å². The van der Waals surface area contributed by atoms with Crippen LogP contribution < -0.4 is 10.2 Å². The molecule has 5 rings (SSSR count). The fourth-order valence-electron chi connectivity index (χ4n) is 5.09. The van der Waals surface area contributed by atoms with E-state index >= 15 is 0 Å². The lowest BCUT2D eigenvalue weighted by Crippen LogP contribution is -2.41. The maximum absolute atomic E-state index is 14.7. The number of carbonyl (C=O) groups excluding carboxylic acids is 1. The predicted octanol–water partition coefficient (Wildman–Crippen LogP) is 8.89. The van der Waals surface area contributed by atoms with E-state index in [1.54, 1.807) is 61.5 Å². The summed E-state index contributed by atoms with van der Waals surface area (Å²) in [6.07, 6.45) is 0.300. The third-order valence-electron chi connectivity index (χ3n) is 6.77. The number of anilines is 2. The van der Waals surface area contributed by atoms with Crippen molar-refractivity contribution in [3.8, 4) is 0 Å². The smallest absolute Gasteiger partial charge is 0.338 e. The number of nitrogens with zero attached hydrogens (tertiary/aromatic N) is 1. The van der Waals surface area contributed by atoms with E-state index in [1.165, 1.54) is 24.3 Å². The van der Waals surface area contributed by atoms with E-state index in [4.69, 9.17) is 27.9 Å². The van der Waals surface area contributed by atoms with E-state index < -0.39 is 23.9 Å². The lowest BCUT2D eigenvalue weighted by molar-refractivity contribution is -0.139. The standard InChI is InChI=1S/C32H26Cl2F2N2O2/c1-2-40-32(39)30-28(37-26-13-9-22(33)10-14-26)19-29(20-5-3-7-24(35)17-20)38(27-15-11-23(34)12-16-27)31(30)21-6-4-8-25(36)18-21/h3-18,29,31,37H,2,19H2,1H3. The Morgan fingerprint density at radius 1 is 0.875 bits per heavy atom. The molecule has 0 spiro atoms. The minimum Gasteiger partial charge on any atom is -0.463 e. The molecule has 204 valence electrons. The lowest BCUT2D eigenvalue weighted by atomic mass is 9.84. The molecule has 8 heteroatoms. The Kier molecular flexibility index (Phi) is 8.38. The molecule has 2 atom stereocenters. The van der Waals surface area contributed by atoms with Crippen LogP contribution >= 0.6 is 23.2 Å². The average molecular weight is 579 g/mol. The fourth-order valence-corrected chi connectivity index (χ4v) is 5.35. The number of carbonyl (C=O) groups is 1. The molecule has 0 fully saturated rings. The summed E-state index contributed by atoms with van der Waals surface area (Å²) in [7, 11) is 0. The molecule has 0 radical (unpaired) electrons. The number of esters is 1. The van der Waals surface area contributed by atoms with Gasteiger partial charge in [0.25, 0.3) is 0 Å². The Morgan fingerprint density at radius 3 is 2.05 bits per heavy atom. The van der Waals surface area contributed by atoms with E-state index in [0.717, 1.165) is 5.69 Å². The summed E-state index contributed by atoms with van der Waals surface area (Å²) in [6.45, 7) is 1.89. The van der Waals surface area contributed by atoms with Crippen LogP contribution in [0.4, 0.5) is 20.2 Å². The summed E-state index contributed by atoms with van der Waals surface area (Å²) in [4.78, 5) is 15.7. The lowest BCUT2D eigenvalue weighted by Gasteiger charge is -2.46. The Bertz CT molecular complexity index is 1540. The van der Waals surface area contributed by atoms with Crippen LogP contribution in [0.25, 0.3) is 0 Å². The summed E-state index contributed by atoms with van der Waals surface area (Å²) in [5.74, 6) is -1.37. The average Bonchev–Trinajstić information content (AvgIpc) is 2.94. The number of hydrogen-bond donors (Lipinski definition) is 1. The van der Waals surface area contributed by atoms with E-state index in [2.05, 4.69) is 5.32 Å². The summed E-state index contributed by atoms with van der Waals surface area (Å²) in [6, 6.07) is 25.5. The molecule has 0 saturated carbocycles. The second kappa shape index (κ2) is 12.1. The topological polar surface area (TPSA) is 41.6 Å². The van der Waals surface area contributed by atoms with E-state index in [-0.39, 0.29) is 12.4 Å². The van der Waals surface area contributed by atoms with Crippen molar-refractivity contribution >= 4 is 40.5 Å². The molecule has 4 nitrogen and oxygen atoms in total. The number of hydrogen-bond acceptors (Lipinski definition) is 4. The monoisotopic (exact) mass is 578 g/mol. The Morgan fingerprint density at radius 2 is 1.45 bits per heavy atom. The molecule has 1 N–H and O–H groups in total. The van der Waals surface area contributed by atoms with E-state index in [9.17, 15) is 13.6 Å². The maximum Gasteiger partial charge on any atom is 0.338 e. The van der Waals surface area contributed by atoms with Gasteiger partial charge in [-0.2, -0.15) is 0 Å². The van der Waals surface area contributed by atoms with Crippen LogP contribution in [0.3, 0.4) is 0 Å². The van der Waals surface area contributed by atoms with Gasteiger partial charge in [0.2, 0.25) is 0 Å².